The van der Waals surface area contributed by atoms with Gasteiger partial charge in [0.15, 0.2) is 0 Å². The van der Waals surface area contributed by atoms with E-state index in [2.05, 4.69) is 24.1 Å². The molecule has 0 radical (unpaired) electrons. The predicted molar refractivity (Wildman–Crippen MR) is 75.4 cm³/mol. The molecule has 102 valence electrons. The average Bonchev–Trinajstić information content (AvgIpc) is 2.36. The number of rotatable bonds is 7. The van der Waals surface area contributed by atoms with Crippen LogP contribution < -0.4 is 5.32 Å². The van der Waals surface area contributed by atoms with E-state index in [0.29, 0.717) is 0 Å². The lowest BCUT2D eigenvalue weighted by atomic mass is 10.1. The van der Waals surface area contributed by atoms with Crippen molar-refractivity contribution in [2.45, 2.75) is 34.2 Å². The monoisotopic (exact) mass is 252 g/mol. The Hall–Kier alpha value is -0.930. The SMILES string of the molecule is CCN(CC)CCNCc1cc(C)c(F)c(C)c1. The van der Waals surface area contributed by atoms with Crippen LogP contribution in [0.2, 0.25) is 0 Å². The Bertz CT molecular complexity index is 350. The smallest absolute Gasteiger partial charge is 0.129 e. The fourth-order valence-electron chi connectivity index (χ4n) is 2.15. The molecule has 1 aromatic rings. The van der Waals surface area contributed by atoms with Crippen LogP contribution in [-0.2, 0) is 6.54 Å². The van der Waals surface area contributed by atoms with Gasteiger partial charge in [0.1, 0.15) is 5.82 Å². The van der Waals surface area contributed by atoms with Gasteiger partial charge in [-0.05, 0) is 43.6 Å². The molecule has 0 fully saturated rings. The standard InChI is InChI=1S/C15H25FN2/c1-5-18(6-2)8-7-17-11-14-9-12(3)15(16)13(4)10-14/h9-10,17H,5-8,11H2,1-4H3. The van der Waals surface area contributed by atoms with Crippen LogP contribution in [0.5, 0.6) is 0 Å². The zero-order valence-electron chi connectivity index (χ0n) is 12.0. The summed E-state index contributed by atoms with van der Waals surface area (Å²) in [6.45, 7) is 13.0. The molecule has 0 aliphatic rings. The number of benzene rings is 1. The fourth-order valence-corrected chi connectivity index (χ4v) is 2.15. The van der Waals surface area contributed by atoms with E-state index in [1.54, 1.807) is 0 Å². The highest BCUT2D eigenvalue weighted by molar-refractivity contribution is 5.30. The van der Waals surface area contributed by atoms with Crippen molar-refractivity contribution in [2.75, 3.05) is 26.2 Å². The zero-order valence-corrected chi connectivity index (χ0v) is 12.0. The minimum absolute atomic E-state index is 0.0816. The lowest BCUT2D eigenvalue weighted by Crippen LogP contribution is -2.31. The van der Waals surface area contributed by atoms with Gasteiger partial charge in [0, 0.05) is 19.6 Å². The highest BCUT2D eigenvalue weighted by Gasteiger charge is 2.04. The summed E-state index contributed by atoms with van der Waals surface area (Å²) in [6, 6.07) is 3.85. The minimum atomic E-state index is -0.0816. The summed E-state index contributed by atoms with van der Waals surface area (Å²) >= 11 is 0. The molecule has 0 atom stereocenters. The number of nitrogens with zero attached hydrogens (tertiary/aromatic N) is 1. The molecular weight excluding hydrogens is 227 g/mol. The van der Waals surface area contributed by atoms with E-state index < -0.39 is 0 Å². The van der Waals surface area contributed by atoms with Gasteiger partial charge in [0.25, 0.3) is 0 Å². The summed E-state index contributed by atoms with van der Waals surface area (Å²) < 4.78 is 13.5. The van der Waals surface area contributed by atoms with Crippen molar-refractivity contribution in [1.82, 2.24) is 10.2 Å². The third-order valence-corrected chi connectivity index (χ3v) is 3.32. The highest BCUT2D eigenvalue weighted by atomic mass is 19.1. The van der Waals surface area contributed by atoms with Gasteiger partial charge in [0.2, 0.25) is 0 Å². The predicted octanol–water partition coefficient (Wildman–Crippen LogP) is 2.87. The molecule has 0 bridgehead atoms. The fraction of sp³-hybridized carbons (Fsp3) is 0.600. The van der Waals surface area contributed by atoms with Crippen LogP contribution in [0.4, 0.5) is 4.39 Å². The molecule has 0 heterocycles. The summed E-state index contributed by atoms with van der Waals surface area (Å²) in [5.41, 5.74) is 2.62. The molecular formula is C15H25FN2. The van der Waals surface area contributed by atoms with Crippen LogP contribution in [0.3, 0.4) is 0 Å². The molecule has 18 heavy (non-hydrogen) atoms. The third kappa shape index (κ3) is 4.39. The topological polar surface area (TPSA) is 15.3 Å². The average molecular weight is 252 g/mol. The summed E-state index contributed by atoms with van der Waals surface area (Å²) in [6.07, 6.45) is 0. The van der Waals surface area contributed by atoms with Gasteiger partial charge in [-0.15, -0.1) is 0 Å². The molecule has 1 rings (SSSR count). The molecule has 0 aliphatic carbocycles. The molecule has 0 aliphatic heterocycles. The maximum atomic E-state index is 13.5. The number of nitrogens with one attached hydrogen (secondary N) is 1. The maximum absolute atomic E-state index is 13.5. The quantitative estimate of drug-likeness (QED) is 0.751. The molecule has 0 amide bonds. The van der Waals surface area contributed by atoms with Crippen LogP contribution in [-0.4, -0.2) is 31.1 Å². The number of aryl methyl sites for hydroxylation is 2. The molecule has 2 nitrogen and oxygen atoms in total. The first kappa shape index (κ1) is 15.1. The van der Waals surface area contributed by atoms with Crippen LogP contribution in [0.15, 0.2) is 12.1 Å². The molecule has 3 heteroatoms. The first-order chi connectivity index (χ1) is 8.58. The second-order valence-electron chi connectivity index (χ2n) is 4.75. The van der Waals surface area contributed by atoms with Crippen molar-refractivity contribution in [3.63, 3.8) is 0 Å². The molecule has 0 aromatic heterocycles. The number of hydrogen-bond donors (Lipinski definition) is 1. The molecule has 0 saturated heterocycles. The van der Waals surface area contributed by atoms with Crippen molar-refractivity contribution in [2.24, 2.45) is 0 Å². The number of halogens is 1. The van der Waals surface area contributed by atoms with Gasteiger partial charge < -0.3 is 10.2 Å². The highest BCUT2D eigenvalue weighted by Crippen LogP contribution is 2.14. The van der Waals surface area contributed by atoms with Crippen molar-refractivity contribution < 1.29 is 4.39 Å². The Labute approximate surface area is 110 Å². The Morgan fingerprint density at radius 1 is 1.11 bits per heavy atom. The van der Waals surface area contributed by atoms with Crippen molar-refractivity contribution in [3.05, 3.63) is 34.6 Å². The number of hydrogen-bond acceptors (Lipinski definition) is 2. The van der Waals surface area contributed by atoms with E-state index in [-0.39, 0.29) is 5.82 Å². The van der Waals surface area contributed by atoms with E-state index in [1.165, 1.54) is 0 Å². The van der Waals surface area contributed by atoms with Crippen molar-refractivity contribution >= 4 is 0 Å². The second-order valence-corrected chi connectivity index (χ2v) is 4.75. The first-order valence-corrected chi connectivity index (χ1v) is 6.77. The minimum Gasteiger partial charge on any atom is -0.311 e. The normalized spacial score (nSPS) is 11.2. The Kier molecular flexibility index (Phi) is 6.30. The first-order valence-electron chi connectivity index (χ1n) is 6.77. The van der Waals surface area contributed by atoms with Gasteiger partial charge >= 0.3 is 0 Å². The summed E-state index contributed by atoms with van der Waals surface area (Å²) in [4.78, 5) is 2.38. The maximum Gasteiger partial charge on any atom is 0.129 e. The van der Waals surface area contributed by atoms with Crippen molar-refractivity contribution in [1.29, 1.82) is 0 Å². The van der Waals surface area contributed by atoms with E-state index in [0.717, 1.165) is 49.4 Å². The van der Waals surface area contributed by atoms with Gasteiger partial charge in [-0.3, -0.25) is 0 Å². The van der Waals surface area contributed by atoms with Gasteiger partial charge in [-0.2, -0.15) is 0 Å². The second kappa shape index (κ2) is 7.49. The van der Waals surface area contributed by atoms with Gasteiger partial charge in [-0.25, -0.2) is 4.39 Å². The molecule has 1 N–H and O–H groups in total. The lowest BCUT2D eigenvalue weighted by Gasteiger charge is -2.18. The van der Waals surface area contributed by atoms with E-state index in [9.17, 15) is 4.39 Å². The van der Waals surface area contributed by atoms with E-state index >= 15 is 0 Å². The molecule has 0 saturated carbocycles. The number of likely N-dealkylation sites (N-methyl/N-ethyl adjacent to an activating group) is 1. The largest absolute Gasteiger partial charge is 0.311 e. The zero-order chi connectivity index (χ0) is 13.5. The van der Waals surface area contributed by atoms with Crippen LogP contribution in [0.1, 0.15) is 30.5 Å². The lowest BCUT2D eigenvalue weighted by molar-refractivity contribution is 0.302. The Balaban J connectivity index is 2.40. The van der Waals surface area contributed by atoms with E-state index in [4.69, 9.17) is 0 Å². The molecule has 0 spiro atoms. The molecule has 1 aromatic carbocycles. The van der Waals surface area contributed by atoms with Crippen molar-refractivity contribution in [3.8, 4) is 0 Å². The summed E-state index contributed by atoms with van der Waals surface area (Å²) in [5, 5.41) is 3.41. The Morgan fingerprint density at radius 3 is 2.17 bits per heavy atom. The van der Waals surface area contributed by atoms with Gasteiger partial charge in [-0.1, -0.05) is 26.0 Å². The van der Waals surface area contributed by atoms with E-state index in [1.807, 2.05) is 26.0 Å². The van der Waals surface area contributed by atoms with Crippen LogP contribution in [0.25, 0.3) is 0 Å². The van der Waals surface area contributed by atoms with Crippen LogP contribution in [0, 0.1) is 19.7 Å². The summed E-state index contributed by atoms with van der Waals surface area (Å²) in [5.74, 6) is -0.0816. The molecule has 0 unspecified atom stereocenters. The Morgan fingerprint density at radius 2 is 1.67 bits per heavy atom. The third-order valence-electron chi connectivity index (χ3n) is 3.32. The summed E-state index contributed by atoms with van der Waals surface area (Å²) in [7, 11) is 0. The van der Waals surface area contributed by atoms with Crippen LogP contribution >= 0.6 is 0 Å². The van der Waals surface area contributed by atoms with Gasteiger partial charge in [0.05, 0.1) is 0 Å².